The molecule has 0 aliphatic carbocycles. The Morgan fingerprint density at radius 3 is 2.30 bits per heavy atom. The number of aromatic nitrogens is 2. The lowest BCUT2D eigenvalue weighted by molar-refractivity contribution is 1.00. The minimum absolute atomic E-state index is 0.905. The Bertz CT molecular complexity index is 1240. The maximum atomic E-state index is 4.95. The van der Waals surface area contributed by atoms with E-state index in [1.54, 1.807) is 0 Å². The highest BCUT2D eigenvalue weighted by Gasteiger charge is 2.15. The molecule has 0 amide bonds. The van der Waals surface area contributed by atoms with Crippen LogP contribution in [0.15, 0.2) is 91.0 Å². The van der Waals surface area contributed by atoms with Crippen molar-refractivity contribution in [1.82, 2.24) is 9.66 Å². The van der Waals surface area contributed by atoms with Gasteiger partial charge >= 0.3 is 0 Å². The normalized spacial score (nSPS) is 11.1. The molecule has 0 bridgehead atoms. The molecule has 27 heavy (non-hydrogen) atoms. The van der Waals surface area contributed by atoms with Crippen molar-refractivity contribution in [2.75, 3.05) is 5.43 Å². The number of benzene rings is 4. The number of nitrogens with one attached hydrogen (secondary N) is 1. The van der Waals surface area contributed by atoms with Gasteiger partial charge in [-0.25, -0.2) is 9.66 Å². The predicted molar refractivity (Wildman–Crippen MR) is 113 cm³/mol. The molecule has 1 N–H and O–H groups in total. The second kappa shape index (κ2) is 6.29. The van der Waals surface area contributed by atoms with Gasteiger partial charge in [-0.15, -0.1) is 0 Å². The van der Waals surface area contributed by atoms with E-state index in [0.717, 1.165) is 28.1 Å². The molecule has 0 saturated carbocycles. The molecule has 3 nitrogen and oxygen atoms in total. The third-order valence-electron chi connectivity index (χ3n) is 4.87. The van der Waals surface area contributed by atoms with Crippen LogP contribution >= 0.6 is 0 Å². The molecule has 5 aromatic rings. The quantitative estimate of drug-likeness (QED) is 0.430. The summed E-state index contributed by atoms with van der Waals surface area (Å²) in [7, 11) is 0. The molecule has 0 aliphatic rings. The van der Waals surface area contributed by atoms with E-state index in [1.807, 2.05) is 18.2 Å². The van der Waals surface area contributed by atoms with E-state index >= 15 is 0 Å². The number of hydrogen-bond acceptors (Lipinski definition) is 2. The fraction of sp³-hybridized carbons (Fsp3) is 0.0417. The minimum atomic E-state index is 0.905. The van der Waals surface area contributed by atoms with Crippen LogP contribution in [0, 0.1) is 6.92 Å². The van der Waals surface area contributed by atoms with Crippen molar-refractivity contribution in [1.29, 1.82) is 0 Å². The average Bonchev–Trinajstić information content (AvgIpc) is 3.09. The molecule has 0 fully saturated rings. The Morgan fingerprint density at radius 2 is 1.48 bits per heavy atom. The smallest absolute Gasteiger partial charge is 0.159 e. The summed E-state index contributed by atoms with van der Waals surface area (Å²) in [5.74, 6) is 0.905. The van der Waals surface area contributed by atoms with Gasteiger partial charge in [0.1, 0.15) is 0 Å². The molecule has 0 atom stereocenters. The van der Waals surface area contributed by atoms with Crippen LogP contribution in [-0.4, -0.2) is 9.66 Å². The molecule has 4 aromatic carbocycles. The molecule has 5 rings (SSSR count). The van der Waals surface area contributed by atoms with Crippen LogP contribution in [0.5, 0.6) is 0 Å². The Labute approximate surface area is 157 Å². The predicted octanol–water partition coefficient (Wildman–Crippen LogP) is 6.04. The topological polar surface area (TPSA) is 29.9 Å². The summed E-state index contributed by atoms with van der Waals surface area (Å²) in [6.07, 6.45) is 0. The van der Waals surface area contributed by atoms with Crippen LogP contribution in [0.2, 0.25) is 0 Å². The number of anilines is 1. The van der Waals surface area contributed by atoms with Crippen molar-refractivity contribution in [2.45, 2.75) is 6.92 Å². The first-order valence-corrected chi connectivity index (χ1v) is 9.09. The average molecular weight is 349 g/mol. The summed E-state index contributed by atoms with van der Waals surface area (Å²) < 4.78 is 2.11. The molecule has 1 heterocycles. The fourth-order valence-corrected chi connectivity index (χ4v) is 3.49. The van der Waals surface area contributed by atoms with Gasteiger partial charge in [0, 0.05) is 10.9 Å². The van der Waals surface area contributed by atoms with Crippen LogP contribution in [0.3, 0.4) is 0 Å². The van der Waals surface area contributed by atoms with Gasteiger partial charge in [-0.1, -0.05) is 78.4 Å². The molecule has 0 saturated heterocycles. The highest BCUT2D eigenvalue weighted by Crippen LogP contribution is 2.30. The van der Waals surface area contributed by atoms with Crippen LogP contribution < -0.4 is 5.43 Å². The van der Waals surface area contributed by atoms with E-state index in [2.05, 4.69) is 89.8 Å². The van der Waals surface area contributed by atoms with Crippen molar-refractivity contribution in [3.8, 4) is 11.4 Å². The Kier molecular flexibility index (Phi) is 3.65. The number of nitrogens with zero attached hydrogens (tertiary/aromatic N) is 2. The second-order valence-corrected chi connectivity index (χ2v) is 6.77. The number of rotatable bonds is 3. The van der Waals surface area contributed by atoms with Crippen molar-refractivity contribution in [3.05, 3.63) is 96.6 Å². The van der Waals surface area contributed by atoms with Crippen LogP contribution in [0.4, 0.5) is 5.69 Å². The first-order chi connectivity index (χ1) is 13.3. The summed E-state index contributed by atoms with van der Waals surface area (Å²) >= 11 is 0. The lowest BCUT2D eigenvalue weighted by atomic mass is 10.1. The van der Waals surface area contributed by atoms with Crippen molar-refractivity contribution < 1.29 is 0 Å². The van der Waals surface area contributed by atoms with Gasteiger partial charge < -0.3 is 0 Å². The summed E-state index contributed by atoms with van der Waals surface area (Å²) in [5, 5.41) is 2.39. The van der Waals surface area contributed by atoms with Gasteiger partial charge in [0.25, 0.3) is 0 Å². The van der Waals surface area contributed by atoms with E-state index in [1.165, 1.54) is 16.3 Å². The standard InChI is InChI=1S/C24H19N3/c1-17-11-14-20(15-12-17)26-27-23-21-10-6-5-7-18(21)13-16-22(23)25-24(27)19-8-3-2-4-9-19/h2-16,26H,1H3. The van der Waals surface area contributed by atoms with Crippen molar-refractivity contribution in [2.24, 2.45) is 0 Å². The maximum absolute atomic E-state index is 4.95. The first kappa shape index (κ1) is 15.6. The molecule has 1 aromatic heterocycles. The van der Waals surface area contributed by atoms with Gasteiger partial charge in [0.2, 0.25) is 0 Å². The number of fused-ring (bicyclic) bond motifs is 3. The largest absolute Gasteiger partial charge is 0.292 e. The Hall–Kier alpha value is -3.59. The second-order valence-electron chi connectivity index (χ2n) is 6.77. The van der Waals surface area contributed by atoms with E-state index in [-0.39, 0.29) is 0 Å². The van der Waals surface area contributed by atoms with Gasteiger partial charge in [-0.2, -0.15) is 0 Å². The number of imidazole rings is 1. The van der Waals surface area contributed by atoms with E-state index in [9.17, 15) is 0 Å². The third-order valence-corrected chi connectivity index (χ3v) is 4.87. The first-order valence-electron chi connectivity index (χ1n) is 9.09. The Morgan fingerprint density at radius 1 is 0.741 bits per heavy atom. The molecule has 0 spiro atoms. The number of hydrogen-bond donors (Lipinski definition) is 1. The van der Waals surface area contributed by atoms with Crippen molar-refractivity contribution in [3.63, 3.8) is 0 Å². The minimum Gasteiger partial charge on any atom is -0.292 e. The van der Waals surface area contributed by atoms with Gasteiger partial charge in [-0.05, 0) is 30.5 Å². The molecular formula is C24H19N3. The highest BCUT2D eigenvalue weighted by atomic mass is 15.4. The third kappa shape index (κ3) is 2.74. The lowest BCUT2D eigenvalue weighted by Gasteiger charge is -2.14. The zero-order valence-corrected chi connectivity index (χ0v) is 15.1. The molecule has 0 aliphatic heterocycles. The summed E-state index contributed by atoms with van der Waals surface area (Å²) in [6.45, 7) is 2.10. The van der Waals surface area contributed by atoms with Crippen molar-refractivity contribution >= 4 is 27.5 Å². The van der Waals surface area contributed by atoms with Crippen LogP contribution in [0.25, 0.3) is 33.2 Å². The van der Waals surface area contributed by atoms with E-state index < -0.39 is 0 Å². The van der Waals surface area contributed by atoms with Crippen LogP contribution in [0.1, 0.15) is 5.56 Å². The summed E-state index contributed by atoms with van der Waals surface area (Å²) in [4.78, 5) is 4.95. The monoisotopic (exact) mass is 349 g/mol. The maximum Gasteiger partial charge on any atom is 0.159 e. The number of aryl methyl sites for hydroxylation is 1. The molecule has 0 radical (unpaired) electrons. The lowest BCUT2D eigenvalue weighted by Crippen LogP contribution is -2.10. The van der Waals surface area contributed by atoms with Gasteiger partial charge in [0.15, 0.2) is 5.82 Å². The van der Waals surface area contributed by atoms with E-state index in [0.29, 0.717) is 0 Å². The van der Waals surface area contributed by atoms with E-state index in [4.69, 9.17) is 4.98 Å². The van der Waals surface area contributed by atoms with Gasteiger partial charge in [0.05, 0.1) is 16.7 Å². The van der Waals surface area contributed by atoms with Crippen LogP contribution in [-0.2, 0) is 0 Å². The van der Waals surface area contributed by atoms with Gasteiger partial charge in [-0.3, -0.25) is 5.43 Å². The fourth-order valence-electron chi connectivity index (χ4n) is 3.49. The Balaban J connectivity index is 1.80. The highest BCUT2D eigenvalue weighted by molar-refractivity contribution is 6.05. The molecule has 3 heteroatoms. The summed E-state index contributed by atoms with van der Waals surface area (Å²) in [5.41, 5.74) is 8.99. The zero-order chi connectivity index (χ0) is 18.2. The molecule has 130 valence electrons. The SMILES string of the molecule is Cc1ccc(Nn2c(-c3ccccc3)nc3ccc4ccccc4c32)cc1. The zero-order valence-electron chi connectivity index (χ0n) is 15.1. The molecular weight excluding hydrogens is 330 g/mol. The molecule has 0 unspecified atom stereocenters. The summed E-state index contributed by atoms with van der Waals surface area (Å²) in [6, 6.07) is 31.4.